The summed E-state index contributed by atoms with van der Waals surface area (Å²) < 4.78 is 0. The van der Waals surface area contributed by atoms with Gasteiger partial charge in [0.2, 0.25) is 0 Å². The monoisotopic (exact) mass is 247 g/mol. The van der Waals surface area contributed by atoms with Crippen LogP contribution in [0, 0.1) is 6.92 Å². The molecule has 0 aliphatic heterocycles. The summed E-state index contributed by atoms with van der Waals surface area (Å²) in [4.78, 5) is 13.0. The van der Waals surface area contributed by atoms with Crippen LogP contribution in [0.15, 0.2) is 60.9 Å². The van der Waals surface area contributed by atoms with Crippen LogP contribution in [0.5, 0.6) is 0 Å². The largest absolute Gasteiger partial charge is 0.217 e. The van der Waals surface area contributed by atoms with Gasteiger partial charge < -0.3 is 0 Å². The third-order valence-corrected chi connectivity index (χ3v) is 2.88. The normalized spacial score (nSPS) is 10.4. The first-order chi connectivity index (χ1) is 9.33. The van der Waals surface area contributed by atoms with Gasteiger partial charge in [-0.2, -0.15) is 0 Å². The van der Waals surface area contributed by atoms with Crippen molar-refractivity contribution in [2.75, 3.05) is 0 Å². The first-order valence-electron chi connectivity index (χ1n) is 6.14. The molecule has 0 aliphatic rings. The van der Waals surface area contributed by atoms with E-state index in [4.69, 9.17) is 0 Å². The molecule has 3 rings (SSSR count). The summed E-state index contributed by atoms with van der Waals surface area (Å²) in [5.41, 5.74) is 3.21. The third-order valence-electron chi connectivity index (χ3n) is 2.88. The zero-order valence-electron chi connectivity index (χ0n) is 10.6. The van der Waals surface area contributed by atoms with Crippen molar-refractivity contribution in [3.63, 3.8) is 0 Å². The van der Waals surface area contributed by atoms with Crippen molar-refractivity contribution in [2.45, 2.75) is 6.92 Å². The Bertz CT molecular complexity index is 693. The molecule has 0 bridgehead atoms. The highest BCUT2D eigenvalue weighted by Gasteiger charge is 2.05. The van der Waals surface area contributed by atoms with Gasteiger partial charge in [-0.15, -0.1) is 0 Å². The minimum absolute atomic E-state index is 0.701. The molecule has 3 heteroatoms. The van der Waals surface area contributed by atoms with Crippen LogP contribution < -0.4 is 0 Å². The maximum atomic E-state index is 4.53. The van der Waals surface area contributed by atoms with Gasteiger partial charge in [0.1, 0.15) is 6.33 Å². The minimum Gasteiger partial charge on any atom is -0.217 e. The topological polar surface area (TPSA) is 38.7 Å². The Morgan fingerprint density at radius 3 is 2.16 bits per heavy atom. The third kappa shape index (κ3) is 2.50. The highest BCUT2D eigenvalue weighted by Crippen LogP contribution is 2.19. The van der Waals surface area contributed by atoms with Gasteiger partial charge >= 0.3 is 0 Å². The van der Waals surface area contributed by atoms with Crippen LogP contribution in [0.3, 0.4) is 0 Å². The van der Waals surface area contributed by atoms with Crippen LogP contribution >= 0.6 is 0 Å². The Balaban J connectivity index is 2.06. The fourth-order valence-corrected chi connectivity index (χ4v) is 1.95. The van der Waals surface area contributed by atoms with E-state index < -0.39 is 0 Å². The summed E-state index contributed by atoms with van der Waals surface area (Å²) in [7, 11) is 0. The number of hydrogen-bond acceptors (Lipinski definition) is 3. The fourth-order valence-electron chi connectivity index (χ4n) is 1.95. The lowest BCUT2D eigenvalue weighted by atomic mass is 10.1. The van der Waals surface area contributed by atoms with Gasteiger partial charge in [-0.25, -0.2) is 15.0 Å². The van der Waals surface area contributed by atoms with E-state index in [-0.39, 0.29) is 0 Å². The molecule has 0 unspecified atom stereocenters. The molecular weight excluding hydrogens is 234 g/mol. The fraction of sp³-hybridized carbons (Fsp3) is 0.0625. The van der Waals surface area contributed by atoms with E-state index in [2.05, 4.69) is 34.0 Å². The highest BCUT2D eigenvalue weighted by molar-refractivity contribution is 5.60. The Morgan fingerprint density at radius 2 is 1.42 bits per heavy atom. The van der Waals surface area contributed by atoms with Crippen molar-refractivity contribution in [1.82, 2.24) is 15.0 Å². The molecule has 0 fully saturated rings. The van der Waals surface area contributed by atoms with Crippen molar-refractivity contribution in [3.05, 3.63) is 66.5 Å². The smallest absolute Gasteiger partial charge is 0.163 e. The summed E-state index contributed by atoms with van der Waals surface area (Å²) in [5.74, 6) is 1.41. The van der Waals surface area contributed by atoms with Crippen LogP contribution in [0.1, 0.15) is 5.56 Å². The lowest BCUT2D eigenvalue weighted by Gasteiger charge is -2.03. The van der Waals surface area contributed by atoms with Crippen LogP contribution in [0.25, 0.3) is 22.8 Å². The van der Waals surface area contributed by atoms with Crippen molar-refractivity contribution in [2.24, 2.45) is 0 Å². The molecule has 3 nitrogen and oxygen atoms in total. The van der Waals surface area contributed by atoms with Gasteiger partial charge in [0, 0.05) is 11.1 Å². The highest BCUT2D eigenvalue weighted by atomic mass is 15.0. The number of aryl methyl sites for hydroxylation is 1. The van der Waals surface area contributed by atoms with Crippen molar-refractivity contribution < 1.29 is 0 Å². The maximum Gasteiger partial charge on any atom is 0.163 e. The molecule has 2 aromatic carbocycles. The summed E-state index contributed by atoms with van der Waals surface area (Å²) in [6, 6.07) is 18.1. The first kappa shape index (κ1) is 11.5. The summed E-state index contributed by atoms with van der Waals surface area (Å²) in [6.07, 6.45) is 1.56. The SMILES string of the molecule is Cc1cccc(-c2ncnc(-c3ccccc3)n2)c1. The second-order valence-electron chi connectivity index (χ2n) is 4.37. The van der Waals surface area contributed by atoms with Crippen molar-refractivity contribution >= 4 is 0 Å². The predicted molar refractivity (Wildman–Crippen MR) is 75.4 cm³/mol. The summed E-state index contributed by atoms with van der Waals surface area (Å²) >= 11 is 0. The average Bonchev–Trinajstić information content (AvgIpc) is 2.48. The van der Waals surface area contributed by atoms with Crippen molar-refractivity contribution in [1.29, 1.82) is 0 Å². The molecule has 0 aliphatic carbocycles. The Hall–Kier alpha value is -2.55. The molecule has 0 N–H and O–H groups in total. The molecule has 0 saturated heterocycles. The van der Waals surface area contributed by atoms with E-state index >= 15 is 0 Å². The lowest BCUT2D eigenvalue weighted by Crippen LogP contribution is -1.95. The van der Waals surface area contributed by atoms with Gasteiger partial charge in [-0.3, -0.25) is 0 Å². The quantitative estimate of drug-likeness (QED) is 0.695. The molecule has 1 aromatic heterocycles. The van der Waals surface area contributed by atoms with Crippen molar-refractivity contribution in [3.8, 4) is 22.8 Å². The van der Waals surface area contributed by atoms with Crippen LogP contribution in [0.2, 0.25) is 0 Å². The van der Waals surface area contributed by atoms with Gasteiger partial charge in [-0.1, -0.05) is 54.1 Å². The van der Waals surface area contributed by atoms with Gasteiger partial charge in [0.05, 0.1) is 0 Å². The van der Waals surface area contributed by atoms with E-state index in [1.807, 2.05) is 42.5 Å². The van der Waals surface area contributed by atoms with E-state index in [0.29, 0.717) is 11.6 Å². The number of hydrogen-bond donors (Lipinski definition) is 0. The molecule has 0 amide bonds. The standard InChI is InChI=1S/C16H13N3/c1-12-6-5-9-14(10-12)16-18-11-17-15(19-16)13-7-3-2-4-8-13/h2-11H,1H3. The number of aromatic nitrogens is 3. The molecular formula is C16H13N3. The maximum absolute atomic E-state index is 4.53. The number of nitrogens with zero attached hydrogens (tertiary/aromatic N) is 3. The summed E-state index contributed by atoms with van der Waals surface area (Å²) in [6.45, 7) is 2.06. The Labute approximate surface area is 112 Å². The van der Waals surface area contributed by atoms with Crippen LogP contribution in [0.4, 0.5) is 0 Å². The van der Waals surface area contributed by atoms with Gasteiger partial charge in [0.25, 0.3) is 0 Å². The lowest BCUT2D eigenvalue weighted by molar-refractivity contribution is 1.06. The second-order valence-corrected chi connectivity index (χ2v) is 4.37. The molecule has 3 aromatic rings. The zero-order valence-corrected chi connectivity index (χ0v) is 10.6. The van der Waals surface area contributed by atoms with E-state index in [1.165, 1.54) is 5.56 Å². The molecule has 0 radical (unpaired) electrons. The molecule has 0 spiro atoms. The van der Waals surface area contributed by atoms with Crippen LogP contribution in [-0.2, 0) is 0 Å². The molecule has 1 heterocycles. The predicted octanol–water partition coefficient (Wildman–Crippen LogP) is 3.51. The number of benzene rings is 2. The second kappa shape index (κ2) is 4.98. The van der Waals surface area contributed by atoms with Crippen LogP contribution in [-0.4, -0.2) is 15.0 Å². The molecule has 92 valence electrons. The number of rotatable bonds is 2. The summed E-state index contributed by atoms with van der Waals surface area (Å²) in [5, 5.41) is 0. The van der Waals surface area contributed by atoms with Gasteiger partial charge in [0.15, 0.2) is 11.6 Å². The first-order valence-corrected chi connectivity index (χ1v) is 6.14. The molecule has 0 atom stereocenters. The van der Waals surface area contributed by atoms with E-state index in [0.717, 1.165) is 11.1 Å². The zero-order chi connectivity index (χ0) is 13.1. The Kier molecular flexibility index (Phi) is 3.02. The minimum atomic E-state index is 0.701. The molecule has 0 saturated carbocycles. The molecule has 19 heavy (non-hydrogen) atoms. The van der Waals surface area contributed by atoms with Gasteiger partial charge in [-0.05, 0) is 13.0 Å². The van der Waals surface area contributed by atoms with E-state index in [9.17, 15) is 0 Å². The van der Waals surface area contributed by atoms with E-state index in [1.54, 1.807) is 6.33 Å². The Morgan fingerprint density at radius 1 is 0.737 bits per heavy atom. The average molecular weight is 247 g/mol.